The van der Waals surface area contributed by atoms with Crippen molar-refractivity contribution in [2.45, 2.75) is 9.83 Å². The fraction of sp³-hybridized carbons (Fsp3) is 0.273. The molecule has 8 heteroatoms. The number of halogens is 3. The Bertz CT molecular complexity index is 450. The highest BCUT2D eigenvalue weighted by molar-refractivity contribution is 7.80. The third-order valence-electron chi connectivity index (χ3n) is 2.01. The number of rotatable bonds is 4. The fourth-order valence-corrected chi connectivity index (χ4v) is 1.58. The molecule has 0 bridgehead atoms. The zero-order valence-electron chi connectivity index (χ0n) is 9.48. The van der Waals surface area contributed by atoms with Crippen LogP contribution in [0.2, 0.25) is 0 Å². The number of hydrogen-bond donors (Lipinski definition) is 2. The third kappa shape index (κ3) is 6.29. The second-order valence-corrected chi connectivity index (χ2v) is 6.40. The van der Waals surface area contributed by atoms with Gasteiger partial charge in [0.05, 0.1) is 0 Å². The molecule has 0 aromatic heterocycles. The van der Waals surface area contributed by atoms with Crippen molar-refractivity contribution in [1.82, 2.24) is 5.32 Å². The van der Waals surface area contributed by atoms with E-state index in [2.05, 4.69) is 5.32 Å². The van der Waals surface area contributed by atoms with E-state index in [1.165, 1.54) is 0 Å². The molecule has 1 rings (SSSR count). The van der Waals surface area contributed by atoms with Crippen LogP contribution in [0.3, 0.4) is 0 Å². The monoisotopic (exact) mass is 341 g/mol. The van der Waals surface area contributed by atoms with Crippen molar-refractivity contribution >= 4 is 58.2 Å². The van der Waals surface area contributed by atoms with Crippen molar-refractivity contribution in [2.75, 3.05) is 6.61 Å². The van der Waals surface area contributed by atoms with Crippen molar-refractivity contribution in [3.05, 3.63) is 35.9 Å². The van der Waals surface area contributed by atoms with E-state index in [1.807, 2.05) is 0 Å². The SMILES string of the molecule is O=C(O)[C@@H](NC(=S)OCC(Cl)(Cl)Cl)c1ccccc1. The Morgan fingerprint density at radius 3 is 2.42 bits per heavy atom. The van der Waals surface area contributed by atoms with Crippen molar-refractivity contribution in [1.29, 1.82) is 0 Å². The second-order valence-electron chi connectivity index (χ2n) is 3.52. The third-order valence-corrected chi connectivity index (χ3v) is 2.57. The first kappa shape index (κ1) is 16.3. The molecule has 0 saturated heterocycles. The highest BCUT2D eigenvalue weighted by Gasteiger charge is 2.24. The van der Waals surface area contributed by atoms with Gasteiger partial charge < -0.3 is 15.2 Å². The van der Waals surface area contributed by atoms with Gasteiger partial charge in [0.25, 0.3) is 5.17 Å². The summed E-state index contributed by atoms with van der Waals surface area (Å²) in [6.45, 7) is -0.273. The first-order valence-corrected chi connectivity index (χ1v) is 6.61. The number of carbonyl (C=O) groups is 1. The maximum Gasteiger partial charge on any atom is 0.330 e. The van der Waals surface area contributed by atoms with Gasteiger partial charge in [-0.3, -0.25) is 0 Å². The number of benzene rings is 1. The Kier molecular flexibility index (Phi) is 6.13. The standard InChI is InChI=1S/C11H10Cl3NO3S/c12-11(13,14)6-18-10(19)15-8(9(16)17)7-4-2-1-3-5-7/h1-5,8H,6H2,(H,15,19)(H,16,17)/t8-/m0/s1. The minimum atomic E-state index is -1.61. The van der Waals surface area contributed by atoms with E-state index in [1.54, 1.807) is 30.3 Å². The molecule has 19 heavy (non-hydrogen) atoms. The van der Waals surface area contributed by atoms with Crippen LogP contribution in [-0.4, -0.2) is 26.6 Å². The van der Waals surface area contributed by atoms with Crippen molar-refractivity contribution in [2.24, 2.45) is 0 Å². The Morgan fingerprint density at radius 2 is 1.95 bits per heavy atom. The van der Waals surface area contributed by atoms with Gasteiger partial charge in [-0.2, -0.15) is 0 Å². The van der Waals surface area contributed by atoms with Crippen molar-refractivity contribution < 1.29 is 14.6 Å². The lowest BCUT2D eigenvalue weighted by Crippen LogP contribution is -2.35. The molecule has 1 aromatic rings. The van der Waals surface area contributed by atoms with Gasteiger partial charge in [0.2, 0.25) is 3.79 Å². The van der Waals surface area contributed by atoms with Crippen LogP contribution >= 0.6 is 47.0 Å². The van der Waals surface area contributed by atoms with E-state index in [4.69, 9.17) is 56.9 Å². The minimum absolute atomic E-state index is 0.150. The van der Waals surface area contributed by atoms with Crippen LogP contribution in [0, 0.1) is 0 Å². The molecule has 0 spiro atoms. The van der Waals surface area contributed by atoms with Crippen LogP contribution in [0.5, 0.6) is 0 Å². The van der Waals surface area contributed by atoms with Crippen LogP contribution in [0.1, 0.15) is 11.6 Å². The average Bonchev–Trinajstić information content (AvgIpc) is 2.33. The quantitative estimate of drug-likeness (QED) is 0.650. The van der Waals surface area contributed by atoms with Gasteiger partial charge in [0.1, 0.15) is 6.61 Å². The molecular weight excluding hydrogens is 333 g/mol. The Labute approximate surface area is 130 Å². The summed E-state index contributed by atoms with van der Waals surface area (Å²) in [6.07, 6.45) is 0. The lowest BCUT2D eigenvalue weighted by Gasteiger charge is -2.18. The van der Waals surface area contributed by atoms with Crippen LogP contribution in [-0.2, 0) is 9.53 Å². The van der Waals surface area contributed by atoms with Crippen LogP contribution in [0.4, 0.5) is 0 Å². The van der Waals surface area contributed by atoms with E-state index >= 15 is 0 Å². The number of hydrogen-bond acceptors (Lipinski definition) is 3. The number of nitrogens with one attached hydrogen (secondary N) is 1. The molecule has 104 valence electrons. The molecule has 0 aliphatic carbocycles. The van der Waals surface area contributed by atoms with Gasteiger partial charge in [0.15, 0.2) is 6.04 Å². The van der Waals surface area contributed by atoms with E-state index in [-0.39, 0.29) is 11.8 Å². The molecule has 0 aliphatic rings. The van der Waals surface area contributed by atoms with Gasteiger partial charge in [-0.15, -0.1) is 0 Å². The number of carboxylic acid groups (broad SMARTS) is 1. The van der Waals surface area contributed by atoms with Crippen molar-refractivity contribution in [3.63, 3.8) is 0 Å². The number of carboxylic acids is 1. The topological polar surface area (TPSA) is 58.6 Å². The smallest absolute Gasteiger partial charge is 0.330 e. The number of alkyl halides is 3. The number of thiocarbonyl (C=S) groups is 1. The molecule has 0 fully saturated rings. The Hall–Kier alpha value is -0.750. The summed E-state index contributed by atoms with van der Waals surface area (Å²) in [4.78, 5) is 11.2. The normalized spacial score (nSPS) is 12.6. The summed E-state index contributed by atoms with van der Waals surface area (Å²) < 4.78 is 3.36. The zero-order valence-corrected chi connectivity index (χ0v) is 12.6. The Balaban J connectivity index is 2.65. The number of aliphatic carboxylic acids is 1. The van der Waals surface area contributed by atoms with Crippen LogP contribution < -0.4 is 5.32 Å². The lowest BCUT2D eigenvalue weighted by atomic mass is 10.1. The van der Waals surface area contributed by atoms with Crippen LogP contribution in [0.25, 0.3) is 0 Å². The molecule has 1 atom stereocenters. The molecule has 0 aliphatic heterocycles. The molecule has 4 nitrogen and oxygen atoms in total. The molecule has 0 amide bonds. The maximum atomic E-state index is 11.2. The highest BCUT2D eigenvalue weighted by atomic mass is 35.6. The molecule has 0 unspecified atom stereocenters. The highest BCUT2D eigenvalue weighted by Crippen LogP contribution is 2.26. The predicted octanol–water partition coefficient (Wildman–Crippen LogP) is 3.07. The van der Waals surface area contributed by atoms with Gasteiger partial charge in [-0.1, -0.05) is 65.1 Å². The molecular formula is C11H10Cl3NO3S. The van der Waals surface area contributed by atoms with Crippen molar-refractivity contribution in [3.8, 4) is 0 Å². The number of ether oxygens (including phenoxy) is 1. The summed E-state index contributed by atoms with van der Waals surface area (Å²) in [5, 5.41) is 11.5. The molecule has 0 radical (unpaired) electrons. The fourth-order valence-electron chi connectivity index (χ4n) is 1.24. The van der Waals surface area contributed by atoms with E-state index in [0.29, 0.717) is 5.56 Å². The zero-order chi connectivity index (χ0) is 14.5. The van der Waals surface area contributed by atoms with Crippen LogP contribution in [0.15, 0.2) is 30.3 Å². The first-order chi connectivity index (χ1) is 8.79. The predicted molar refractivity (Wildman–Crippen MR) is 78.8 cm³/mol. The summed E-state index contributed by atoms with van der Waals surface area (Å²) in [7, 11) is 0. The maximum absolute atomic E-state index is 11.2. The average molecular weight is 343 g/mol. The van der Waals surface area contributed by atoms with Gasteiger partial charge in [-0.05, 0) is 17.8 Å². The van der Waals surface area contributed by atoms with E-state index < -0.39 is 15.8 Å². The van der Waals surface area contributed by atoms with Gasteiger partial charge in [-0.25, -0.2) is 4.79 Å². The first-order valence-electron chi connectivity index (χ1n) is 5.07. The summed E-state index contributed by atoms with van der Waals surface area (Å²) >= 11 is 21.3. The molecule has 0 heterocycles. The lowest BCUT2D eigenvalue weighted by molar-refractivity contribution is -0.139. The van der Waals surface area contributed by atoms with E-state index in [9.17, 15) is 4.79 Å². The summed E-state index contributed by atoms with van der Waals surface area (Å²) in [5.41, 5.74) is 0.537. The van der Waals surface area contributed by atoms with Gasteiger partial charge in [0, 0.05) is 0 Å². The molecule has 1 aromatic carbocycles. The van der Waals surface area contributed by atoms with E-state index in [0.717, 1.165) is 0 Å². The Morgan fingerprint density at radius 1 is 1.37 bits per heavy atom. The van der Waals surface area contributed by atoms with Gasteiger partial charge >= 0.3 is 5.97 Å². The largest absolute Gasteiger partial charge is 0.479 e. The molecule has 2 N–H and O–H groups in total. The molecule has 0 saturated carbocycles. The second kappa shape index (κ2) is 7.14. The summed E-state index contributed by atoms with van der Waals surface area (Å²) in [5.74, 6) is -1.09. The minimum Gasteiger partial charge on any atom is -0.479 e. The summed E-state index contributed by atoms with van der Waals surface area (Å²) in [6, 6.07) is 7.51.